The van der Waals surface area contributed by atoms with E-state index in [1.165, 1.54) is 24.3 Å². The molecular weight excluding hydrogens is 426 g/mol. The molecule has 2 amide bonds. The summed E-state index contributed by atoms with van der Waals surface area (Å²) in [6.07, 6.45) is 0. The van der Waals surface area contributed by atoms with Crippen molar-refractivity contribution >= 4 is 52.0 Å². The predicted octanol–water partition coefficient (Wildman–Crippen LogP) is 5.55. The number of benzene rings is 3. The van der Waals surface area contributed by atoms with E-state index in [2.05, 4.69) is 0 Å². The minimum absolute atomic E-state index is 0.0999. The van der Waals surface area contributed by atoms with Gasteiger partial charge < -0.3 is 4.90 Å². The van der Waals surface area contributed by atoms with Crippen molar-refractivity contribution in [3.05, 3.63) is 99.9 Å². The highest BCUT2D eigenvalue weighted by Gasteiger charge is 2.43. The van der Waals surface area contributed by atoms with Gasteiger partial charge in [-0.1, -0.05) is 59.6 Å². The van der Waals surface area contributed by atoms with Gasteiger partial charge in [-0.3, -0.25) is 9.59 Å². The smallest absolute Gasteiger partial charge is 0.282 e. The van der Waals surface area contributed by atoms with E-state index < -0.39 is 17.6 Å². The van der Waals surface area contributed by atoms with Crippen LogP contribution in [0.2, 0.25) is 10.0 Å². The van der Waals surface area contributed by atoms with E-state index in [9.17, 15) is 14.0 Å². The molecular formula is C23H15Cl2FN2O2. The highest BCUT2D eigenvalue weighted by Crippen LogP contribution is 2.40. The van der Waals surface area contributed by atoms with E-state index in [-0.39, 0.29) is 27.0 Å². The van der Waals surface area contributed by atoms with Gasteiger partial charge >= 0.3 is 0 Å². The van der Waals surface area contributed by atoms with Crippen molar-refractivity contribution in [3.8, 4) is 0 Å². The van der Waals surface area contributed by atoms with Crippen molar-refractivity contribution in [1.82, 2.24) is 0 Å². The molecule has 150 valence electrons. The third kappa shape index (κ3) is 3.36. The molecule has 7 heteroatoms. The first-order chi connectivity index (χ1) is 14.4. The number of hydrogen-bond donors (Lipinski definition) is 0. The average Bonchev–Trinajstić information content (AvgIpc) is 3.01. The molecule has 1 aliphatic rings. The summed E-state index contributed by atoms with van der Waals surface area (Å²) in [6.45, 7) is 0. The molecule has 3 aromatic rings. The lowest BCUT2D eigenvalue weighted by atomic mass is 10.0. The zero-order valence-electron chi connectivity index (χ0n) is 15.8. The summed E-state index contributed by atoms with van der Waals surface area (Å²) in [5.41, 5.74) is 1.65. The first-order valence-corrected chi connectivity index (χ1v) is 9.77. The second-order valence-electron chi connectivity index (χ2n) is 6.64. The Morgan fingerprint density at radius 2 is 1.50 bits per heavy atom. The van der Waals surface area contributed by atoms with E-state index in [4.69, 9.17) is 23.2 Å². The molecule has 0 saturated carbocycles. The molecule has 0 saturated heterocycles. The van der Waals surface area contributed by atoms with Crippen LogP contribution in [0.4, 0.5) is 15.8 Å². The number of likely N-dealkylation sites (N-methyl/N-ethyl adjacent to an activating group) is 1. The van der Waals surface area contributed by atoms with Crippen molar-refractivity contribution in [3.63, 3.8) is 0 Å². The summed E-state index contributed by atoms with van der Waals surface area (Å²) < 4.78 is 13.5. The van der Waals surface area contributed by atoms with Crippen molar-refractivity contribution in [2.45, 2.75) is 0 Å². The highest BCUT2D eigenvalue weighted by molar-refractivity contribution is 6.50. The minimum atomic E-state index is -0.562. The zero-order chi connectivity index (χ0) is 21.4. The Morgan fingerprint density at radius 3 is 2.17 bits per heavy atom. The Labute approximate surface area is 182 Å². The Balaban J connectivity index is 1.91. The largest absolute Gasteiger partial charge is 0.339 e. The lowest BCUT2D eigenvalue weighted by Gasteiger charge is -2.22. The predicted molar refractivity (Wildman–Crippen MR) is 117 cm³/mol. The van der Waals surface area contributed by atoms with Gasteiger partial charge in [0, 0.05) is 12.7 Å². The SMILES string of the molecule is CN(C1=C(c2ccc(F)cc2)C(=O)N(c2cccc(Cl)c2Cl)C1=O)c1ccccc1. The summed E-state index contributed by atoms with van der Waals surface area (Å²) in [7, 11) is 1.70. The number of hydrogen-bond acceptors (Lipinski definition) is 3. The van der Waals surface area contributed by atoms with Crippen LogP contribution in [-0.2, 0) is 9.59 Å². The fourth-order valence-electron chi connectivity index (χ4n) is 3.37. The molecule has 1 heterocycles. The molecule has 0 atom stereocenters. The fourth-order valence-corrected chi connectivity index (χ4v) is 3.75. The quantitative estimate of drug-likeness (QED) is 0.499. The second-order valence-corrected chi connectivity index (χ2v) is 7.43. The van der Waals surface area contributed by atoms with Gasteiger partial charge in [0.1, 0.15) is 11.5 Å². The van der Waals surface area contributed by atoms with E-state index in [0.29, 0.717) is 11.3 Å². The van der Waals surface area contributed by atoms with Gasteiger partial charge in [-0.05, 0) is 42.0 Å². The zero-order valence-corrected chi connectivity index (χ0v) is 17.3. The van der Waals surface area contributed by atoms with E-state index >= 15 is 0 Å². The number of amides is 2. The van der Waals surface area contributed by atoms with Crippen LogP contribution in [0.5, 0.6) is 0 Å². The third-order valence-electron chi connectivity index (χ3n) is 4.84. The molecule has 4 rings (SSSR count). The fraction of sp³-hybridized carbons (Fsp3) is 0.0435. The van der Waals surface area contributed by atoms with Crippen molar-refractivity contribution < 1.29 is 14.0 Å². The van der Waals surface area contributed by atoms with Gasteiger partial charge in [0.2, 0.25) is 0 Å². The molecule has 0 aliphatic carbocycles. The van der Waals surface area contributed by atoms with Crippen LogP contribution in [0, 0.1) is 5.82 Å². The van der Waals surface area contributed by atoms with Gasteiger partial charge in [0.25, 0.3) is 11.8 Å². The average molecular weight is 441 g/mol. The van der Waals surface area contributed by atoms with Crippen LogP contribution in [0.3, 0.4) is 0 Å². The number of halogens is 3. The Morgan fingerprint density at radius 1 is 0.833 bits per heavy atom. The molecule has 1 aliphatic heterocycles. The first-order valence-electron chi connectivity index (χ1n) is 9.02. The second kappa shape index (κ2) is 7.94. The number of anilines is 2. The van der Waals surface area contributed by atoms with Crippen molar-refractivity contribution in [1.29, 1.82) is 0 Å². The molecule has 0 spiro atoms. The highest BCUT2D eigenvalue weighted by atomic mass is 35.5. The first kappa shape index (κ1) is 20.1. The monoisotopic (exact) mass is 440 g/mol. The van der Waals surface area contributed by atoms with Gasteiger partial charge in [0.15, 0.2) is 0 Å². The van der Waals surface area contributed by atoms with Crippen LogP contribution in [0.1, 0.15) is 5.56 Å². The van der Waals surface area contributed by atoms with Crippen molar-refractivity contribution in [2.24, 2.45) is 0 Å². The maximum atomic E-state index is 13.5. The van der Waals surface area contributed by atoms with Gasteiger partial charge in [-0.25, -0.2) is 9.29 Å². The molecule has 30 heavy (non-hydrogen) atoms. The summed E-state index contributed by atoms with van der Waals surface area (Å²) in [5, 5.41) is 0.325. The van der Waals surface area contributed by atoms with E-state index in [1.54, 1.807) is 30.1 Å². The summed E-state index contributed by atoms with van der Waals surface area (Å²) in [4.78, 5) is 29.5. The number of carbonyl (C=O) groups is 2. The lowest BCUT2D eigenvalue weighted by molar-refractivity contribution is -0.120. The number of nitrogens with zero attached hydrogens (tertiary/aromatic N) is 2. The van der Waals surface area contributed by atoms with Crippen molar-refractivity contribution in [2.75, 3.05) is 16.8 Å². The van der Waals surface area contributed by atoms with Gasteiger partial charge in [-0.15, -0.1) is 0 Å². The molecule has 4 nitrogen and oxygen atoms in total. The standard InChI is InChI=1S/C23H15Cl2FN2O2/c1-27(16-6-3-2-4-7-16)21-19(14-10-12-15(26)13-11-14)22(29)28(23(21)30)18-9-5-8-17(24)20(18)25/h2-13H,1H3. The Bertz CT molecular complexity index is 1180. The lowest BCUT2D eigenvalue weighted by Crippen LogP contribution is -2.34. The normalized spacial score (nSPS) is 13.9. The minimum Gasteiger partial charge on any atom is -0.339 e. The number of para-hydroxylation sites is 1. The number of imide groups is 1. The maximum absolute atomic E-state index is 13.5. The Kier molecular flexibility index (Phi) is 5.33. The molecule has 0 fully saturated rings. The van der Waals surface area contributed by atoms with E-state index in [0.717, 1.165) is 4.90 Å². The molecule has 0 N–H and O–H groups in total. The molecule has 0 unspecified atom stereocenters. The molecule has 0 aromatic heterocycles. The molecule has 0 bridgehead atoms. The molecule has 0 radical (unpaired) electrons. The van der Waals surface area contributed by atoms with Crippen LogP contribution < -0.4 is 9.80 Å². The van der Waals surface area contributed by atoms with Crippen LogP contribution >= 0.6 is 23.2 Å². The topological polar surface area (TPSA) is 40.6 Å². The molecule has 3 aromatic carbocycles. The van der Waals surface area contributed by atoms with Crippen LogP contribution in [0.25, 0.3) is 5.57 Å². The van der Waals surface area contributed by atoms with E-state index in [1.807, 2.05) is 30.3 Å². The third-order valence-corrected chi connectivity index (χ3v) is 5.65. The summed E-state index contributed by atoms with van der Waals surface area (Å²) in [5.74, 6) is -1.55. The summed E-state index contributed by atoms with van der Waals surface area (Å²) >= 11 is 12.4. The summed E-state index contributed by atoms with van der Waals surface area (Å²) in [6, 6.07) is 19.3. The number of carbonyl (C=O) groups excluding carboxylic acids is 2. The number of rotatable bonds is 4. The van der Waals surface area contributed by atoms with Gasteiger partial charge in [0.05, 0.1) is 21.3 Å². The van der Waals surface area contributed by atoms with Crippen LogP contribution in [-0.4, -0.2) is 18.9 Å². The van der Waals surface area contributed by atoms with Crippen LogP contribution in [0.15, 0.2) is 78.5 Å². The Hall–Kier alpha value is -3.15. The van der Waals surface area contributed by atoms with Gasteiger partial charge in [-0.2, -0.15) is 0 Å². The maximum Gasteiger partial charge on any atom is 0.282 e.